The SMILES string of the molecule is COC1CN(c2ccc(C=O)cc2[N+](=O)[O-])CCC1C. The molecule has 1 aliphatic heterocycles. The summed E-state index contributed by atoms with van der Waals surface area (Å²) in [7, 11) is 1.66. The van der Waals surface area contributed by atoms with Crippen molar-refractivity contribution < 1.29 is 14.5 Å². The lowest BCUT2D eigenvalue weighted by Crippen LogP contribution is -2.44. The molecule has 1 aromatic carbocycles. The summed E-state index contributed by atoms with van der Waals surface area (Å²) in [6.45, 7) is 3.50. The van der Waals surface area contributed by atoms with E-state index in [9.17, 15) is 14.9 Å². The Morgan fingerprint density at radius 1 is 1.50 bits per heavy atom. The molecule has 0 amide bonds. The van der Waals surface area contributed by atoms with Crippen LogP contribution in [0.15, 0.2) is 18.2 Å². The van der Waals surface area contributed by atoms with Crippen LogP contribution in [-0.2, 0) is 4.74 Å². The first-order valence-corrected chi connectivity index (χ1v) is 6.58. The van der Waals surface area contributed by atoms with Crippen LogP contribution in [0.3, 0.4) is 0 Å². The fourth-order valence-electron chi connectivity index (χ4n) is 2.59. The number of nitrogens with zero attached hydrogens (tertiary/aromatic N) is 2. The summed E-state index contributed by atoms with van der Waals surface area (Å²) in [4.78, 5) is 23.5. The van der Waals surface area contributed by atoms with Gasteiger partial charge in [-0.15, -0.1) is 0 Å². The third-order valence-electron chi connectivity index (χ3n) is 3.87. The van der Waals surface area contributed by atoms with E-state index in [4.69, 9.17) is 4.74 Å². The van der Waals surface area contributed by atoms with Gasteiger partial charge in [-0.1, -0.05) is 6.92 Å². The third kappa shape index (κ3) is 2.80. The quantitative estimate of drug-likeness (QED) is 0.480. The highest BCUT2D eigenvalue weighted by molar-refractivity contribution is 5.79. The number of nitro benzene ring substituents is 1. The van der Waals surface area contributed by atoms with Crippen LogP contribution in [0.2, 0.25) is 0 Å². The fraction of sp³-hybridized carbons (Fsp3) is 0.500. The lowest BCUT2D eigenvalue weighted by atomic mass is 9.95. The van der Waals surface area contributed by atoms with Crippen LogP contribution in [0.5, 0.6) is 0 Å². The highest BCUT2D eigenvalue weighted by Crippen LogP contribution is 2.32. The van der Waals surface area contributed by atoms with Gasteiger partial charge >= 0.3 is 0 Å². The number of aldehydes is 1. The van der Waals surface area contributed by atoms with Gasteiger partial charge in [0.05, 0.1) is 11.0 Å². The molecule has 6 nitrogen and oxygen atoms in total. The second kappa shape index (κ2) is 6.00. The van der Waals surface area contributed by atoms with E-state index in [1.54, 1.807) is 19.2 Å². The monoisotopic (exact) mass is 278 g/mol. The molecule has 20 heavy (non-hydrogen) atoms. The minimum Gasteiger partial charge on any atom is -0.379 e. The number of hydrogen-bond acceptors (Lipinski definition) is 5. The summed E-state index contributed by atoms with van der Waals surface area (Å²) in [6.07, 6.45) is 1.60. The van der Waals surface area contributed by atoms with Crippen molar-refractivity contribution in [1.82, 2.24) is 0 Å². The molecule has 1 heterocycles. The Bertz CT molecular complexity index is 518. The maximum Gasteiger partial charge on any atom is 0.293 e. The van der Waals surface area contributed by atoms with Crippen LogP contribution in [0.25, 0.3) is 0 Å². The molecule has 2 unspecified atom stereocenters. The molecule has 0 aliphatic carbocycles. The van der Waals surface area contributed by atoms with E-state index >= 15 is 0 Å². The van der Waals surface area contributed by atoms with Crippen LogP contribution >= 0.6 is 0 Å². The zero-order valence-electron chi connectivity index (χ0n) is 11.6. The highest BCUT2D eigenvalue weighted by Gasteiger charge is 2.29. The smallest absolute Gasteiger partial charge is 0.293 e. The van der Waals surface area contributed by atoms with Crippen molar-refractivity contribution in [1.29, 1.82) is 0 Å². The number of piperidine rings is 1. The Balaban J connectivity index is 2.32. The molecule has 6 heteroatoms. The van der Waals surface area contributed by atoms with Crippen molar-refractivity contribution >= 4 is 17.7 Å². The molecule has 0 saturated carbocycles. The molecule has 0 spiro atoms. The minimum absolute atomic E-state index is 0.0287. The Morgan fingerprint density at radius 3 is 2.85 bits per heavy atom. The zero-order valence-corrected chi connectivity index (χ0v) is 11.6. The molecule has 108 valence electrons. The number of hydrogen-bond donors (Lipinski definition) is 0. The molecule has 1 fully saturated rings. The lowest BCUT2D eigenvalue weighted by molar-refractivity contribution is -0.384. The topological polar surface area (TPSA) is 72.7 Å². The number of anilines is 1. The Hall–Kier alpha value is -1.95. The van der Waals surface area contributed by atoms with E-state index in [0.29, 0.717) is 30.0 Å². The first-order chi connectivity index (χ1) is 9.56. The number of rotatable bonds is 4. The zero-order chi connectivity index (χ0) is 14.7. The van der Waals surface area contributed by atoms with E-state index in [1.165, 1.54) is 6.07 Å². The molecular formula is C14H18N2O4. The summed E-state index contributed by atoms with van der Waals surface area (Å²) in [6, 6.07) is 4.57. The summed E-state index contributed by atoms with van der Waals surface area (Å²) < 4.78 is 5.43. The van der Waals surface area contributed by atoms with Gasteiger partial charge in [-0.3, -0.25) is 14.9 Å². The van der Waals surface area contributed by atoms with Gasteiger partial charge in [-0.25, -0.2) is 0 Å². The second-order valence-corrected chi connectivity index (χ2v) is 5.11. The minimum atomic E-state index is -0.442. The summed E-state index contributed by atoms with van der Waals surface area (Å²) in [5.41, 5.74) is 0.836. The number of carbonyl (C=O) groups excluding carboxylic acids is 1. The van der Waals surface area contributed by atoms with E-state index in [1.807, 2.05) is 4.90 Å². The molecule has 1 aromatic rings. The molecule has 2 rings (SSSR count). The Labute approximate surface area is 117 Å². The predicted octanol–water partition coefficient (Wildman–Crippen LogP) is 2.27. The van der Waals surface area contributed by atoms with E-state index in [-0.39, 0.29) is 11.8 Å². The third-order valence-corrected chi connectivity index (χ3v) is 3.87. The van der Waals surface area contributed by atoms with Crippen molar-refractivity contribution in [2.24, 2.45) is 5.92 Å². The van der Waals surface area contributed by atoms with Gasteiger partial charge in [0.15, 0.2) is 0 Å². The number of carbonyl (C=O) groups is 1. The van der Waals surface area contributed by atoms with Gasteiger partial charge in [0.2, 0.25) is 0 Å². The summed E-state index contributed by atoms with van der Waals surface area (Å²) >= 11 is 0. The van der Waals surface area contributed by atoms with Gasteiger partial charge < -0.3 is 9.64 Å². The van der Waals surface area contributed by atoms with E-state index < -0.39 is 4.92 Å². The lowest BCUT2D eigenvalue weighted by Gasteiger charge is -2.37. The Morgan fingerprint density at radius 2 is 2.25 bits per heavy atom. The standard InChI is InChI=1S/C14H18N2O4/c1-10-5-6-15(8-14(10)20-2)12-4-3-11(9-17)7-13(12)16(18)19/h3-4,7,9-10,14H,5-6,8H2,1-2H3. The average Bonchev–Trinajstić information content (AvgIpc) is 2.47. The average molecular weight is 278 g/mol. The maximum atomic E-state index is 11.2. The van der Waals surface area contributed by atoms with Gasteiger partial charge in [0, 0.05) is 31.8 Å². The number of methoxy groups -OCH3 is 1. The maximum absolute atomic E-state index is 11.2. The van der Waals surface area contributed by atoms with E-state index in [0.717, 1.165) is 13.0 Å². The van der Waals surface area contributed by atoms with Crippen molar-refractivity contribution in [3.63, 3.8) is 0 Å². The van der Waals surface area contributed by atoms with E-state index in [2.05, 4.69) is 6.92 Å². The first kappa shape index (κ1) is 14.5. The first-order valence-electron chi connectivity index (χ1n) is 6.58. The van der Waals surface area contributed by atoms with Crippen LogP contribution in [0.4, 0.5) is 11.4 Å². The highest BCUT2D eigenvalue weighted by atomic mass is 16.6. The summed E-state index contributed by atoms with van der Waals surface area (Å²) in [5.74, 6) is 0.435. The molecular weight excluding hydrogens is 260 g/mol. The largest absolute Gasteiger partial charge is 0.379 e. The van der Waals surface area contributed by atoms with Crippen LogP contribution in [0, 0.1) is 16.0 Å². The molecule has 1 aliphatic rings. The molecule has 0 N–H and O–H groups in total. The van der Waals surface area contributed by atoms with Gasteiger partial charge in [-0.05, 0) is 24.5 Å². The van der Waals surface area contributed by atoms with Crippen molar-refractivity contribution in [2.45, 2.75) is 19.4 Å². The molecule has 0 radical (unpaired) electrons. The Kier molecular flexibility index (Phi) is 4.34. The molecule has 2 atom stereocenters. The number of ether oxygens (including phenoxy) is 1. The number of nitro groups is 1. The molecule has 0 bridgehead atoms. The number of benzene rings is 1. The van der Waals surface area contributed by atoms with Gasteiger partial charge in [0.1, 0.15) is 12.0 Å². The van der Waals surface area contributed by atoms with Crippen molar-refractivity contribution in [3.05, 3.63) is 33.9 Å². The van der Waals surface area contributed by atoms with Crippen LogP contribution in [-0.4, -0.2) is 37.5 Å². The fourth-order valence-corrected chi connectivity index (χ4v) is 2.59. The van der Waals surface area contributed by atoms with Crippen LogP contribution < -0.4 is 4.90 Å². The molecule has 1 saturated heterocycles. The second-order valence-electron chi connectivity index (χ2n) is 5.11. The van der Waals surface area contributed by atoms with Crippen molar-refractivity contribution in [3.8, 4) is 0 Å². The van der Waals surface area contributed by atoms with Gasteiger partial charge in [0.25, 0.3) is 5.69 Å². The van der Waals surface area contributed by atoms with Gasteiger partial charge in [-0.2, -0.15) is 0 Å². The normalized spacial score (nSPS) is 22.6. The van der Waals surface area contributed by atoms with Crippen LogP contribution in [0.1, 0.15) is 23.7 Å². The molecule has 0 aromatic heterocycles. The summed E-state index contributed by atoms with van der Waals surface area (Å²) in [5, 5.41) is 11.2. The predicted molar refractivity (Wildman–Crippen MR) is 75.3 cm³/mol. The van der Waals surface area contributed by atoms with Crippen molar-refractivity contribution in [2.75, 3.05) is 25.1 Å².